The van der Waals surface area contributed by atoms with E-state index >= 15 is 0 Å². The highest BCUT2D eigenvalue weighted by molar-refractivity contribution is 6.30. The van der Waals surface area contributed by atoms with E-state index in [1.807, 2.05) is 18.2 Å². The minimum absolute atomic E-state index is 0.544. The molecule has 0 atom stereocenters. The fourth-order valence-corrected chi connectivity index (χ4v) is 3.28. The van der Waals surface area contributed by atoms with Gasteiger partial charge in [0.15, 0.2) is 0 Å². The van der Waals surface area contributed by atoms with E-state index < -0.39 is 0 Å². The number of hydrogen-bond donors (Lipinski definition) is 1. The number of halogens is 1. The number of anilines is 1. The lowest BCUT2D eigenvalue weighted by atomic mass is 9.79. The Hall–Kier alpha value is -0.890. The summed E-state index contributed by atoms with van der Waals surface area (Å²) in [6.07, 6.45) is 6.13. The van der Waals surface area contributed by atoms with Crippen LogP contribution in [0.5, 0.6) is 5.75 Å². The highest BCUT2D eigenvalue weighted by Gasteiger charge is 2.23. The van der Waals surface area contributed by atoms with Crippen molar-refractivity contribution in [2.75, 3.05) is 11.9 Å². The third kappa shape index (κ3) is 4.81. The Labute approximate surface area is 134 Å². The van der Waals surface area contributed by atoms with E-state index in [1.165, 1.54) is 25.7 Å². The SMILES string of the molecule is CCCOc1ccc(Cl)cc1NC1CCC(C(C)C)CC1. The third-order valence-electron chi connectivity index (χ3n) is 4.48. The number of hydrogen-bond acceptors (Lipinski definition) is 2. The Morgan fingerprint density at radius 2 is 1.95 bits per heavy atom. The highest BCUT2D eigenvalue weighted by atomic mass is 35.5. The average Bonchev–Trinajstić information content (AvgIpc) is 2.47. The third-order valence-corrected chi connectivity index (χ3v) is 4.71. The van der Waals surface area contributed by atoms with E-state index in [2.05, 4.69) is 26.1 Å². The van der Waals surface area contributed by atoms with Gasteiger partial charge in [0.1, 0.15) is 5.75 Å². The van der Waals surface area contributed by atoms with E-state index in [1.54, 1.807) is 0 Å². The molecule has 1 aliphatic rings. The molecule has 1 N–H and O–H groups in total. The van der Waals surface area contributed by atoms with Gasteiger partial charge in [-0.3, -0.25) is 0 Å². The molecule has 1 aromatic carbocycles. The average molecular weight is 310 g/mol. The summed E-state index contributed by atoms with van der Waals surface area (Å²) in [7, 11) is 0. The molecule has 0 heterocycles. The summed E-state index contributed by atoms with van der Waals surface area (Å²) in [6.45, 7) is 7.55. The van der Waals surface area contributed by atoms with Crippen LogP contribution in [0.4, 0.5) is 5.69 Å². The van der Waals surface area contributed by atoms with Crippen molar-refractivity contribution in [3.05, 3.63) is 23.2 Å². The van der Waals surface area contributed by atoms with Gasteiger partial charge in [0, 0.05) is 11.1 Å². The second kappa shape index (κ2) is 7.93. The zero-order valence-electron chi connectivity index (χ0n) is 13.5. The first-order valence-electron chi connectivity index (χ1n) is 8.29. The van der Waals surface area contributed by atoms with Crippen LogP contribution >= 0.6 is 11.6 Å². The minimum Gasteiger partial charge on any atom is -0.491 e. The largest absolute Gasteiger partial charge is 0.491 e. The van der Waals surface area contributed by atoms with Gasteiger partial charge in [-0.25, -0.2) is 0 Å². The van der Waals surface area contributed by atoms with E-state index in [-0.39, 0.29) is 0 Å². The Bertz CT molecular complexity index is 439. The Morgan fingerprint density at radius 1 is 1.24 bits per heavy atom. The molecule has 0 aromatic heterocycles. The predicted molar refractivity (Wildman–Crippen MR) is 91.4 cm³/mol. The molecule has 2 nitrogen and oxygen atoms in total. The molecule has 0 radical (unpaired) electrons. The molecule has 1 saturated carbocycles. The van der Waals surface area contributed by atoms with Crippen LogP contribution in [0.15, 0.2) is 18.2 Å². The lowest BCUT2D eigenvalue weighted by molar-refractivity contribution is 0.266. The van der Waals surface area contributed by atoms with Crippen LogP contribution in [-0.2, 0) is 0 Å². The summed E-state index contributed by atoms with van der Waals surface area (Å²) >= 11 is 6.14. The van der Waals surface area contributed by atoms with Crippen molar-refractivity contribution < 1.29 is 4.74 Å². The van der Waals surface area contributed by atoms with Crippen LogP contribution in [0.3, 0.4) is 0 Å². The smallest absolute Gasteiger partial charge is 0.142 e. The zero-order valence-corrected chi connectivity index (χ0v) is 14.2. The van der Waals surface area contributed by atoms with Crippen molar-refractivity contribution >= 4 is 17.3 Å². The zero-order chi connectivity index (χ0) is 15.2. The quantitative estimate of drug-likeness (QED) is 0.721. The molecule has 0 amide bonds. The molecule has 0 aliphatic heterocycles. The fourth-order valence-electron chi connectivity index (χ4n) is 3.10. The summed E-state index contributed by atoms with van der Waals surface area (Å²) < 4.78 is 5.82. The molecule has 118 valence electrons. The number of ether oxygens (including phenoxy) is 1. The first-order chi connectivity index (χ1) is 10.1. The van der Waals surface area contributed by atoms with Crippen molar-refractivity contribution in [2.24, 2.45) is 11.8 Å². The van der Waals surface area contributed by atoms with E-state index in [0.717, 1.165) is 41.3 Å². The van der Waals surface area contributed by atoms with E-state index in [9.17, 15) is 0 Å². The first kappa shape index (κ1) is 16.5. The maximum absolute atomic E-state index is 6.14. The van der Waals surface area contributed by atoms with Crippen LogP contribution in [0.25, 0.3) is 0 Å². The highest BCUT2D eigenvalue weighted by Crippen LogP contribution is 2.34. The Morgan fingerprint density at radius 3 is 2.57 bits per heavy atom. The summed E-state index contributed by atoms with van der Waals surface area (Å²) in [6, 6.07) is 6.40. The van der Waals surface area contributed by atoms with Gasteiger partial charge in [0.2, 0.25) is 0 Å². The van der Waals surface area contributed by atoms with Crippen molar-refractivity contribution in [3.63, 3.8) is 0 Å². The van der Waals surface area contributed by atoms with Gasteiger partial charge in [0.25, 0.3) is 0 Å². The number of nitrogens with one attached hydrogen (secondary N) is 1. The Balaban J connectivity index is 1.97. The van der Waals surface area contributed by atoms with Crippen molar-refractivity contribution in [3.8, 4) is 5.75 Å². The molecule has 21 heavy (non-hydrogen) atoms. The predicted octanol–water partition coefficient (Wildman–Crippen LogP) is 5.76. The van der Waals surface area contributed by atoms with Crippen LogP contribution in [0, 0.1) is 11.8 Å². The molecule has 0 unspecified atom stereocenters. The molecule has 3 heteroatoms. The maximum atomic E-state index is 6.14. The first-order valence-corrected chi connectivity index (χ1v) is 8.66. The molecule has 1 aliphatic carbocycles. The van der Waals surface area contributed by atoms with Crippen molar-refractivity contribution in [1.29, 1.82) is 0 Å². The minimum atomic E-state index is 0.544. The van der Waals surface area contributed by atoms with Crippen LogP contribution < -0.4 is 10.1 Å². The molecular formula is C18H28ClNO. The fraction of sp³-hybridized carbons (Fsp3) is 0.667. The molecular weight excluding hydrogens is 282 g/mol. The monoisotopic (exact) mass is 309 g/mol. The van der Waals surface area contributed by atoms with Crippen LogP contribution in [0.1, 0.15) is 52.9 Å². The normalized spacial score (nSPS) is 22.3. The van der Waals surface area contributed by atoms with Gasteiger partial charge in [0.05, 0.1) is 12.3 Å². The summed E-state index contributed by atoms with van der Waals surface area (Å²) in [4.78, 5) is 0. The topological polar surface area (TPSA) is 21.3 Å². The van der Waals surface area contributed by atoms with Crippen LogP contribution in [-0.4, -0.2) is 12.6 Å². The van der Waals surface area contributed by atoms with Gasteiger partial charge in [-0.1, -0.05) is 32.4 Å². The van der Waals surface area contributed by atoms with Gasteiger partial charge in [-0.2, -0.15) is 0 Å². The van der Waals surface area contributed by atoms with E-state index in [4.69, 9.17) is 16.3 Å². The standard InChI is InChI=1S/C18H28ClNO/c1-4-11-21-18-10-7-15(19)12-17(18)20-16-8-5-14(6-9-16)13(2)3/h7,10,12-14,16,20H,4-6,8-9,11H2,1-3H3. The summed E-state index contributed by atoms with van der Waals surface area (Å²) in [5.74, 6) is 2.62. The Kier molecular flexibility index (Phi) is 6.22. The second-order valence-corrected chi connectivity index (χ2v) is 6.93. The molecule has 0 bridgehead atoms. The maximum Gasteiger partial charge on any atom is 0.142 e. The van der Waals surface area contributed by atoms with Gasteiger partial charge < -0.3 is 10.1 Å². The summed E-state index contributed by atoms with van der Waals surface area (Å²) in [5, 5.41) is 4.41. The molecule has 0 spiro atoms. The van der Waals surface area contributed by atoms with Gasteiger partial charge in [-0.15, -0.1) is 0 Å². The van der Waals surface area contributed by atoms with Gasteiger partial charge in [-0.05, 0) is 62.1 Å². The van der Waals surface area contributed by atoms with Crippen molar-refractivity contribution in [1.82, 2.24) is 0 Å². The molecule has 1 aromatic rings. The molecule has 1 fully saturated rings. The second-order valence-electron chi connectivity index (χ2n) is 6.49. The van der Waals surface area contributed by atoms with E-state index in [0.29, 0.717) is 6.04 Å². The number of rotatable bonds is 6. The molecule has 2 rings (SSSR count). The molecule has 0 saturated heterocycles. The summed E-state index contributed by atoms with van der Waals surface area (Å²) in [5.41, 5.74) is 1.05. The lowest BCUT2D eigenvalue weighted by Crippen LogP contribution is -2.28. The van der Waals surface area contributed by atoms with Crippen molar-refractivity contribution in [2.45, 2.75) is 58.9 Å². The lowest BCUT2D eigenvalue weighted by Gasteiger charge is -2.32. The number of benzene rings is 1. The van der Waals surface area contributed by atoms with Gasteiger partial charge >= 0.3 is 0 Å². The van der Waals surface area contributed by atoms with Crippen LogP contribution in [0.2, 0.25) is 5.02 Å².